The minimum Gasteiger partial charge on any atom is -0.870 e. The van der Waals surface area contributed by atoms with Gasteiger partial charge in [0.25, 0.3) is 0 Å². The van der Waals surface area contributed by atoms with Crippen LogP contribution in [-0.4, -0.2) is 108 Å². The van der Waals surface area contributed by atoms with Crippen molar-refractivity contribution in [2.24, 2.45) is 0 Å². The van der Waals surface area contributed by atoms with Crippen molar-refractivity contribution >= 4 is 87.2 Å². The van der Waals surface area contributed by atoms with E-state index in [0.29, 0.717) is 16.9 Å². The van der Waals surface area contributed by atoms with Crippen LogP contribution < -0.4 is 29.6 Å². The van der Waals surface area contributed by atoms with Crippen molar-refractivity contribution in [3.8, 4) is 0 Å². The first-order valence-electron chi connectivity index (χ1n) is 3.44. The van der Waals surface area contributed by atoms with Crippen LogP contribution in [-0.2, 0) is 27.7 Å². The minimum absolute atomic E-state index is 0. The first-order valence-corrected chi connectivity index (χ1v) is 25.5. The Morgan fingerprint density at radius 2 is 1.37 bits per heavy atom. The molecular formula is C2H12Ca2Na2O10Si3. The summed E-state index contributed by atoms with van der Waals surface area (Å²) in [5.74, 6) is 0. The molecule has 17 heteroatoms. The number of hydrogen-bond acceptors (Lipinski definition) is 10. The molecule has 0 fully saturated rings. The van der Waals surface area contributed by atoms with E-state index in [9.17, 15) is 8.92 Å². The molecule has 0 heterocycles. The van der Waals surface area contributed by atoms with E-state index in [-0.39, 0.29) is 49.9 Å². The van der Waals surface area contributed by atoms with E-state index in [1.165, 1.54) is 0 Å². The van der Waals surface area contributed by atoms with Gasteiger partial charge in [-0.25, -0.2) is 15.8 Å². The molecule has 0 aliphatic rings. The first kappa shape index (κ1) is 38.6. The van der Waals surface area contributed by atoms with Crippen LogP contribution in [0.25, 0.3) is 0 Å². The van der Waals surface area contributed by atoms with Crippen molar-refractivity contribution in [3.05, 3.63) is 0 Å². The summed E-state index contributed by atoms with van der Waals surface area (Å²) in [7, 11) is -9.26. The van der Waals surface area contributed by atoms with Gasteiger partial charge in [-0.3, -0.25) is 0 Å². The predicted octanol–water partition coefficient (Wildman–Crippen LogP) is -4.67. The van der Waals surface area contributed by atoms with E-state index in [1.807, 2.05) is 0 Å². The van der Waals surface area contributed by atoms with Gasteiger partial charge in [0.2, 0.25) is 0 Å². The van der Waals surface area contributed by atoms with Gasteiger partial charge in [0, 0.05) is 0 Å². The van der Waals surface area contributed by atoms with E-state index in [4.69, 9.17) is 15.8 Å². The predicted molar refractivity (Wildman–Crippen MR) is 63.5 cm³/mol. The molecular weight excluding hydrogens is 394 g/mol. The third-order valence-electron chi connectivity index (χ3n) is 0.657. The zero-order valence-electron chi connectivity index (χ0n) is 9.15. The molecule has 19 heavy (non-hydrogen) atoms. The van der Waals surface area contributed by atoms with Crippen molar-refractivity contribution in [1.29, 1.82) is 0 Å². The van der Waals surface area contributed by atoms with Gasteiger partial charge in [-0.15, -0.1) is 5.04 Å². The van der Waals surface area contributed by atoms with Crippen molar-refractivity contribution in [2.75, 3.05) is 0 Å². The molecule has 0 aliphatic heterocycles. The number of hydrogen-bond donors (Lipinski definition) is 3. The fourth-order valence-electron chi connectivity index (χ4n) is 0.272. The smallest absolute Gasteiger partial charge is 0.870 e. The van der Waals surface area contributed by atoms with Crippen LogP contribution in [0.15, 0.2) is 0 Å². The topological polar surface area (TPSA) is 162 Å². The Hall–Kier alpha value is 4.13. The fourth-order valence-corrected chi connectivity index (χ4v) is 4.77. The van der Waals surface area contributed by atoms with Crippen molar-refractivity contribution in [1.82, 2.24) is 0 Å². The van der Waals surface area contributed by atoms with Gasteiger partial charge in [0.15, 0.2) is 0 Å². The summed E-state index contributed by atoms with van der Waals surface area (Å²) in [6.45, 7) is 0. The van der Waals surface area contributed by atoms with Crippen LogP contribution >= 0.6 is 0 Å². The summed E-state index contributed by atoms with van der Waals surface area (Å²) >= 11 is 3.69. The van der Waals surface area contributed by atoms with E-state index in [0.717, 1.165) is 0 Å². The molecule has 0 unspecified atom stereocenters. The van der Waals surface area contributed by atoms with Crippen LogP contribution in [0, 0.1) is 0 Å². The van der Waals surface area contributed by atoms with E-state index in [1.54, 1.807) is 45.3 Å². The minimum atomic E-state index is -3.19. The molecule has 4 N–H and O–H groups in total. The third-order valence-corrected chi connectivity index (χ3v) is 8.92. The Kier molecular flexibility index (Phi) is 61.1. The van der Waals surface area contributed by atoms with Crippen molar-refractivity contribution in [2.45, 2.75) is 14.9 Å². The second-order valence-corrected chi connectivity index (χ2v) is 35.8. The van der Waals surface area contributed by atoms with Gasteiger partial charge in [0.1, 0.15) is 8.08 Å². The molecule has 0 aromatic heterocycles. The summed E-state index contributed by atoms with van der Waals surface area (Å²) in [4.78, 5) is 0. The molecule has 0 aliphatic carbocycles. The van der Waals surface area contributed by atoms with Gasteiger partial charge < -0.3 is 28.1 Å². The van der Waals surface area contributed by atoms with Crippen LogP contribution in [0.4, 0.5) is 0 Å². The van der Waals surface area contributed by atoms with E-state index in [2.05, 4.69) is 18.8 Å². The molecule has 0 saturated heterocycles. The Labute approximate surface area is 176 Å². The summed E-state index contributed by atoms with van der Waals surface area (Å²) < 4.78 is 31.6. The second-order valence-electron chi connectivity index (χ2n) is 1.74. The Bertz CT molecular complexity index is 186. The summed E-state index contributed by atoms with van der Waals surface area (Å²) in [5.41, 5.74) is 0. The Balaban J connectivity index is -0.0000000551. The van der Waals surface area contributed by atoms with Gasteiger partial charge in [-0.05, 0) is 0 Å². The molecule has 0 atom stereocenters. The molecule has 0 bridgehead atoms. The van der Waals surface area contributed by atoms with Gasteiger partial charge in [0.05, 0.1) is 0 Å². The average Bonchev–Trinajstić information content (AvgIpc) is 2.25. The standard InChI is InChI=1S/2CH4.2Ca.2Na.H3O9Si3.H2O/c;;;;;;1-6-9-12(10(4)7-2)11(5)8-3;/h2*1H4;;;;;1-3H;1H2/q;;;+1;;+1;-1;/p-1. The molecule has 10 nitrogen and oxygen atoms in total. The Morgan fingerprint density at radius 1 is 1.11 bits per heavy atom. The SMILES string of the molecule is C.C.O=[Si](OO)[Si-](OOO)[Si](=O)OO.[Na+].[Na][Ca][Ca+].[OH-]. The summed E-state index contributed by atoms with van der Waals surface area (Å²) in [6.07, 6.45) is 0. The zero-order valence-corrected chi connectivity index (χ0v) is 20.6. The van der Waals surface area contributed by atoms with Crippen molar-refractivity contribution < 1.29 is 78.5 Å². The van der Waals surface area contributed by atoms with Crippen LogP contribution in [0.3, 0.4) is 0 Å². The van der Waals surface area contributed by atoms with Gasteiger partial charge in [-0.2, -0.15) is 0 Å². The third kappa shape index (κ3) is 24.5. The maximum absolute atomic E-state index is 10.6. The molecule has 0 aromatic carbocycles. The Morgan fingerprint density at radius 3 is 1.53 bits per heavy atom. The van der Waals surface area contributed by atoms with Gasteiger partial charge >= 0.3 is 109 Å². The normalized spacial score (nSPS) is 6.26. The molecule has 0 spiro atoms. The van der Waals surface area contributed by atoms with E-state index >= 15 is 0 Å². The maximum Gasteiger partial charge on any atom is -0.870 e. The molecule has 0 amide bonds. The van der Waals surface area contributed by atoms with Crippen LogP contribution in [0.5, 0.6) is 0 Å². The zero-order chi connectivity index (χ0) is 12.3. The van der Waals surface area contributed by atoms with Crippen LogP contribution in [0.1, 0.15) is 14.9 Å². The molecule has 0 aromatic rings. The van der Waals surface area contributed by atoms with Gasteiger partial charge in [-0.1, -0.05) is 14.9 Å². The second kappa shape index (κ2) is 30.1. The molecule has 98 valence electrons. The largest absolute Gasteiger partial charge is 0.870 e. The quantitative estimate of drug-likeness (QED) is 0.222. The molecule has 0 rings (SSSR count). The fraction of sp³-hybridized carbons (Fsp3) is 1.00. The molecule has 0 radical (unpaired) electrons. The van der Waals surface area contributed by atoms with E-state index < -0.39 is 25.0 Å². The monoisotopic (exact) mass is 406 g/mol. The van der Waals surface area contributed by atoms with Crippen LogP contribution in [0.2, 0.25) is 0 Å². The maximum atomic E-state index is 10.6. The number of rotatable bonds is 6. The molecule has 0 saturated carbocycles. The first-order chi connectivity index (χ1) is 7.08. The average molecular weight is 407 g/mol. The summed E-state index contributed by atoms with van der Waals surface area (Å²) in [5, 5.41) is 26.5. The van der Waals surface area contributed by atoms with Crippen molar-refractivity contribution in [3.63, 3.8) is 0 Å². The summed E-state index contributed by atoms with van der Waals surface area (Å²) in [6, 6.07) is 0.